The molecule has 0 fully saturated rings. The number of halogens is 1. The second-order valence-corrected chi connectivity index (χ2v) is 8.14. The summed E-state index contributed by atoms with van der Waals surface area (Å²) in [6.07, 6.45) is 0.546. The Balaban J connectivity index is 1.92. The van der Waals surface area contributed by atoms with Gasteiger partial charge in [0.15, 0.2) is 0 Å². The molecule has 0 aliphatic carbocycles. The number of nitrogens with two attached hydrogens (primary N) is 1. The van der Waals surface area contributed by atoms with Crippen LogP contribution >= 0.6 is 34.3 Å². The average molecular weight is 384 g/mol. The Kier molecular flexibility index (Phi) is 4.62. The fourth-order valence-corrected chi connectivity index (χ4v) is 4.82. The van der Waals surface area contributed by atoms with Crippen LogP contribution in [0.25, 0.3) is 0 Å². The van der Waals surface area contributed by atoms with Crippen LogP contribution in [-0.2, 0) is 17.8 Å². The molecule has 2 aromatic rings. The number of fused-ring (bicyclic) bond motifs is 1. The smallest absolute Gasteiger partial charge is 0.266 e. The highest BCUT2D eigenvalue weighted by Crippen LogP contribution is 2.37. The number of thiophene rings is 2. The fraction of sp³-hybridized carbons (Fsp3) is 0.267. The summed E-state index contributed by atoms with van der Waals surface area (Å²) < 4.78 is 0.512. The summed E-state index contributed by atoms with van der Waals surface area (Å²) in [5.41, 5.74) is 6.68. The van der Waals surface area contributed by atoms with Crippen molar-refractivity contribution in [2.24, 2.45) is 5.73 Å². The van der Waals surface area contributed by atoms with Gasteiger partial charge >= 0.3 is 0 Å². The molecule has 0 atom stereocenters. The molecule has 3 N–H and O–H groups in total. The molecule has 6 nitrogen and oxygen atoms in total. The predicted octanol–water partition coefficient (Wildman–Crippen LogP) is 2.72. The van der Waals surface area contributed by atoms with Gasteiger partial charge in [-0.05, 0) is 24.1 Å². The number of amides is 3. The molecule has 1 aliphatic heterocycles. The van der Waals surface area contributed by atoms with Gasteiger partial charge in [-0.15, -0.1) is 22.7 Å². The van der Waals surface area contributed by atoms with E-state index in [0.717, 1.165) is 21.8 Å². The van der Waals surface area contributed by atoms with Crippen molar-refractivity contribution in [2.75, 3.05) is 11.9 Å². The van der Waals surface area contributed by atoms with Crippen molar-refractivity contribution in [1.82, 2.24) is 4.90 Å². The first-order valence-corrected chi connectivity index (χ1v) is 9.14. The third kappa shape index (κ3) is 3.17. The standard InChI is InChI=1S/C15H14ClN3O3S2/c1-7(20)19-5-4-8-10(6-19)24-15(12(8)13(17)21)18-14(22)9-2-3-11(16)23-9/h2-3H,4-6H2,1H3,(H2,17,21)(H,18,22). The third-order valence-electron chi connectivity index (χ3n) is 3.77. The highest BCUT2D eigenvalue weighted by Gasteiger charge is 2.28. The van der Waals surface area contributed by atoms with Crippen LogP contribution in [-0.4, -0.2) is 29.2 Å². The number of nitrogens with one attached hydrogen (secondary N) is 1. The topological polar surface area (TPSA) is 92.5 Å². The van der Waals surface area contributed by atoms with E-state index in [1.807, 2.05) is 0 Å². The maximum absolute atomic E-state index is 12.3. The van der Waals surface area contributed by atoms with Crippen LogP contribution in [0.1, 0.15) is 37.4 Å². The molecule has 0 saturated heterocycles. The molecule has 0 aromatic carbocycles. The van der Waals surface area contributed by atoms with E-state index in [1.54, 1.807) is 17.0 Å². The normalized spacial score (nSPS) is 13.5. The summed E-state index contributed by atoms with van der Waals surface area (Å²) >= 11 is 8.29. The molecule has 0 spiro atoms. The predicted molar refractivity (Wildman–Crippen MR) is 94.9 cm³/mol. The maximum Gasteiger partial charge on any atom is 0.266 e. The summed E-state index contributed by atoms with van der Waals surface area (Å²) in [7, 11) is 0. The van der Waals surface area contributed by atoms with Gasteiger partial charge in [0.2, 0.25) is 5.91 Å². The number of hydrogen-bond acceptors (Lipinski definition) is 5. The third-order valence-corrected chi connectivity index (χ3v) is 6.13. The number of rotatable bonds is 3. The summed E-state index contributed by atoms with van der Waals surface area (Å²) in [5.74, 6) is -0.937. The first kappa shape index (κ1) is 16.9. The van der Waals surface area contributed by atoms with E-state index in [1.165, 1.54) is 18.3 Å². The minimum atomic E-state index is -0.580. The van der Waals surface area contributed by atoms with E-state index < -0.39 is 5.91 Å². The molecule has 0 saturated carbocycles. The zero-order chi connectivity index (χ0) is 17.4. The number of primary amides is 1. The molecule has 24 heavy (non-hydrogen) atoms. The highest BCUT2D eigenvalue weighted by atomic mass is 35.5. The van der Waals surface area contributed by atoms with Crippen LogP contribution in [0.4, 0.5) is 5.00 Å². The molecular formula is C15H14ClN3O3S2. The molecule has 0 radical (unpaired) electrons. The Bertz CT molecular complexity index is 843. The quantitative estimate of drug-likeness (QED) is 0.853. The molecular weight excluding hydrogens is 370 g/mol. The van der Waals surface area contributed by atoms with Gasteiger partial charge in [0.1, 0.15) is 5.00 Å². The monoisotopic (exact) mass is 383 g/mol. The lowest BCUT2D eigenvalue weighted by molar-refractivity contribution is -0.129. The molecule has 3 amide bonds. The maximum atomic E-state index is 12.3. The fourth-order valence-electron chi connectivity index (χ4n) is 2.62. The van der Waals surface area contributed by atoms with Crippen molar-refractivity contribution in [3.63, 3.8) is 0 Å². The molecule has 9 heteroatoms. The first-order chi connectivity index (χ1) is 11.4. The van der Waals surface area contributed by atoms with Crippen molar-refractivity contribution in [1.29, 1.82) is 0 Å². The molecule has 0 bridgehead atoms. The van der Waals surface area contributed by atoms with E-state index in [4.69, 9.17) is 17.3 Å². The summed E-state index contributed by atoms with van der Waals surface area (Å²) in [6.45, 7) is 2.47. The van der Waals surface area contributed by atoms with Crippen molar-refractivity contribution in [3.05, 3.63) is 37.4 Å². The second-order valence-electron chi connectivity index (χ2n) is 5.32. The number of carbonyl (C=O) groups is 3. The minimum absolute atomic E-state index is 0.0199. The van der Waals surface area contributed by atoms with Gasteiger partial charge in [-0.3, -0.25) is 14.4 Å². The number of nitrogens with zero attached hydrogens (tertiary/aromatic N) is 1. The van der Waals surface area contributed by atoms with Crippen molar-refractivity contribution in [2.45, 2.75) is 19.9 Å². The summed E-state index contributed by atoms with van der Waals surface area (Å²) in [6, 6.07) is 3.26. The van der Waals surface area contributed by atoms with E-state index in [2.05, 4.69) is 5.32 Å². The Morgan fingerprint density at radius 2 is 2.04 bits per heavy atom. The van der Waals surface area contributed by atoms with Gasteiger partial charge in [-0.25, -0.2) is 0 Å². The van der Waals surface area contributed by atoms with E-state index >= 15 is 0 Å². The zero-order valence-electron chi connectivity index (χ0n) is 12.7. The van der Waals surface area contributed by atoms with Gasteiger partial charge in [0.05, 0.1) is 21.3 Å². The van der Waals surface area contributed by atoms with Crippen molar-refractivity contribution in [3.8, 4) is 0 Å². The lowest BCUT2D eigenvalue weighted by Gasteiger charge is -2.25. The van der Waals surface area contributed by atoms with Crippen LogP contribution < -0.4 is 11.1 Å². The number of carbonyl (C=O) groups excluding carboxylic acids is 3. The minimum Gasteiger partial charge on any atom is -0.365 e. The van der Waals surface area contributed by atoms with E-state index in [9.17, 15) is 14.4 Å². The van der Waals surface area contributed by atoms with Crippen molar-refractivity contribution < 1.29 is 14.4 Å². The molecule has 126 valence electrons. The molecule has 2 aromatic heterocycles. The SMILES string of the molecule is CC(=O)N1CCc2c(sc(NC(=O)c3ccc(Cl)s3)c2C(N)=O)C1. The Labute approximate surface area is 151 Å². The molecule has 0 unspecified atom stereocenters. The lowest BCUT2D eigenvalue weighted by Crippen LogP contribution is -2.34. The van der Waals surface area contributed by atoms with Gasteiger partial charge in [-0.1, -0.05) is 11.6 Å². The Morgan fingerprint density at radius 1 is 1.29 bits per heavy atom. The van der Waals surface area contributed by atoms with Crippen LogP contribution in [0.5, 0.6) is 0 Å². The van der Waals surface area contributed by atoms with E-state index in [-0.39, 0.29) is 11.8 Å². The van der Waals surface area contributed by atoms with Gasteiger partial charge in [0.25, 0.3) is 11.8 Å². The first-order valence-electron chi connectivity index (χ1n) is 7.13. The van der Waals surface area contributed by atoms with Crippen LogP contribution in [0.15, 0.2) is 12.1 Å². The average Bonchev–Trinajstić information content (AvgIpc) is 3.09. The van der Waals surface area contributed by atoms with Gasteiger partial charge in [-0.2, -0.15) is 0 Å². The van der Waals surface area contributed by atoms with Crippen LogP contribution in [0, 0.1) is 0 Å². The van der Waals surface area contributed by atoms with Crippen LogP contribution in [0.2, 0.25) is 4.34 Å². The largest absolute Gasteiger partial charge is 0.365 e. The zero-order valence-corrected chi connectivity index (χ0v) is 15.1. The lowest BCUT2D eigenvalue weighted by atomic mass is 10.0. The molecule has 3 heterocycles. The van der Waals surface area contributed by atoms with Gasteiger partial charge in [0, 0.05) is 18.3 Å². The van der Waals surface area contributed by atoms with E-state index in [0.29, 0.717) is 39.3 Å². The highest BCUT2D eigenvalue weighted by molar-refractivity contribution is 7.18. The Morgan fingerprint density at radius 3 is 2.62 bits per heavy atom. The summed E-state index contributed by atoms with van der Waals surface area (Å²) in [5, 5.41) is 3.17. The number of hydrogen-bond donors (Lipinski definition) is 2. The second kappa shape index (κ2) is 6.54. The molecule has 3 rings (SSSR count). The Hall–Kier alpha value is -1.90. The molecule has 1 aliphatic rings. The van der Waals surface area contributed by atoms with Gasteiger partial charge < -0.3 is 16.0 Å². The van der Waals surface area contributed by atoms with Crippen molar-refractivity contribution >= 4 is 57.0 Å². The number of anilines is 1. The van der Waals surface area contributed by atoms with Crippen LogP contribution in [0.3, 0.4) is 0 Å². The summed E-state index contributed by atoms with van der Waals surface area (Å²) in [4.78, 5) is 38.8.